The molecule has 0 aliphatic carbocycles. The van der Waals surface area contributed by atoms with Gasteiger partial charge in [0.05, 0.1) is 4.91 Å². The number of amides is 1. The van der Waals surface area contributed by atoms with E-state index in [0.717, 1.165) is 47.9 Å². The van der Waals surface area contributed by atoms with Crippen LogP contribution in [0.5, 0.6) is 0 Å². The van der Waals surface area contributed by atoms with E-state index < -0.39 is 0 Å². The fourth-order valence-corrected chi connectivity index (χ4v) is 4.41. The van der Waals surface area contributed by atoms with Crippen molar-refractivity contribution in [3.63, 3.8) is 0 Å². The first kappa shape index (κ1) is 18.5. The van der Waals surface area contributed by atoms with E-state index in [0.29, 0.717) is 4.91 Å². The van der Waals surface area contributed by atoms with Gasteiger partial charge in [-0.05, 0) is 41.1 Å². The van der Waals surface area contributed by atoms with Crippen molar-refractivity contribution in [1.29, 1.82) is 0 Å². The molecule has 0 atom stereocenters. The predicted molar refractivity (Wildman–Crippen MR) is 115 cm³/mol. The normalized spacial score (nSPS) is 19.6. The molecule has 0 spiro atoms. The summed E-state index contributed by atoms with van der Waals surface area (Å²) in [6.07, 6.45) is 1.92. The Hall–Kier alpha value is -1.89. The lowest BCUT2D eigenvalue weighted by Gasteiger charge is -2.35. The third-order valence-corrected chi connectivity index (χ3v) is 6.24. The first-order chi connectivity index (χ1) is 13.2. The molecular formula is C21H20BrN3OS. The summed E-state index contributed by atoms with van der Waals surface area (Å²) < 4.78 is 1.03. The second kappa shape index (κ2) is 8.42. The molecule has 2 aliphatic heterocycles. The van der Waals surface area contributed by atoms with Crippen LogP contribution in [0, 0.1) is 0 Å². The van der Waals surface area contributed by atoms with Gasteiger partial charge >= 0.3 is 0 Å². The lowest BCUT2D eigenvalue weighted by atomic mass is 10.2. The molecule has 1 amide bonds. The van der Waals surface area contributed by atoms with Crippen LogP contribution >= 0.6 is 27.7 Å². The first-order valence-corrected chi connectivity index (χ1v) is 10.6. The van der Waals surface area contributed by atoms with Gasteiger partial charge < -0.3 is 4.90 Å². The Kier molecular flexibility index (Phi) is 5.76. The standard InChI is InChI=1S/C21H20BrN3OS/c22-18-8-6-16(7-9-18)14-19-20(26)23-21(27-19)25-12-10-24(11-13-25)15-17-4-2-1-3-5-17/h1-9,14H,10-13,15H2. The maximum Gasteiger partial charge on any atom is 0.286 e. The summed E-state index contributed by atoms with van der Waals surface area (Å²) >= 11 is 4.92. The summed E-state index contributed by atoms with van der Waals surface area (Å²) in [5, 5.41) is 0.836. The zero-order valence-corrected chi connectivity index (χ0v) is 17.2. The maximum atomic E-state index is 12.3. The summed E-state index contributed by atoms with van der Waals surface area (Å²) in [6, 6.07) is 18.5. The summed E-state index contributed by atoms with van der Waals surface area (Å²) in [7, 11) is 0. The van der Waals surface area contributed by atoms with Gasteiger partial charge in [-0.25, -0.2) is 0 Å². The topological polar surface area (TPSA) is 35.9 Å². The van der Waals surface area contributed by atoms with E-state index >= 15 is 0 Å². The Morgan fingerprint density at radius 1 is 1.00 bits per heavy atom. The van der Waals surface area contributed by atoms with Gasteiger partial charge in [0.2, 0.25) is 0 Å². The van der Waals surface area contributed by atoms with Gasteiger partial charge in [0.1, 0.15) is 0 Å². The Bertz CT molecular complexity index is 872. The average molecular weight is 442 g/mol. The van der Waals surface area contributed by atoms with Gasteiger partial charge in [-0.3, -0.25) is 9.69 Å². The van der Waals surface area contributed by atoms with Gasteiger partial charge in [0.15, 0.2) is 5.17 Å². The summed E-state index contributed by atoms with van der Waals surface area (Å²) in [6.45, 7) is 4.74. The predicted octanol–water partition coefficient (Wildman–Crippen LogP) is 4.24. The number of amidine groups is 1. The Morgan fingerprint density at radius 3 is 2.41 bits per heavy atom. The monoisotopic (exact) mass is 441 g/mol. The molecule has 4 rings (SSSR count). The molecule has 0 saturated carbocycles. The van der Waals surface area contributed by atoms with E-state index in [-0.39, 0.29) is 5.91 Å². The number of hydrogen-bond donors (Lipinski definition) is 0. The average Bonchev–Trinajstić information content (AvgIpc) is 3.05. The van der Waals surface area contributed by atoms with Crippen LogP contribution in [0.25, 0.3) is 6.08 Å². The van der Waals surface area contributed by atoms with E-state index in [2.05, 4.69) is 55.0 Å². The van der Waals surface area contributed by atoms with Crippen LogP contribution in [-0.2, 0) is 11.3 Å². The van der Waals surface area contributed by atoms with Crippen LogP contribution in [-0.4, -0.2) is 47.1 Å². The highest BCUT2D eigenvalue weighted by Gasteiger charge is 2.28. The van der Waals surface area contributed by atoms with Crippen LogP contribution in [0.2, 0.25) is 0 Å². The molecule has 0 N–H and O–H groups in total. The molecule has 0 bridgehead atoms. The number of benzene rings is 2. The third kappa shape index (κ3) is 4.69. The fourth-order valence-electron chi connectivity index (χ4n) is 3.18. The number of carbonyl (C=O) groups excluding carboxylic acids is 1. The molecule has 1 fully saturated rings. The number of piperazine rings is 1. The lowest BCUT2D eigenvalue weighted by molar-refractivity contribution is -0.113. The summed E-state index contributed by atoms with van der Waals surface area (Å²) in [4.78, 5) is 21.9. The largest absolute Gasteiger partial charge is 0.348 e. The quantitative estimate of drug-likeness (QED) is 0.667. The van der Waals surface area contributed by atoms with E-state index in [9.17, 15) is 4.79 Å². The number of rotatable bonds is 3. The molecular weight excluding hydrogens is 422 g/mol. The Labute approximate surface area is 172 Å². The fraction of sp³-hybridized carbons (Fsp3) is 0.238. The van der Waals surface area contributed by atoms with Crippen molar-refractivity contribution in [2.45, 2.75) is 6.54 Å². The Morgan fingerprint density at radius 2 is 1.70 bits per heavy atom. The number of carbonyl (C=O) groups is 1. The van der Waals surface area contributed by atoms with Crippen molar-refractivity contribution < 1.29 is 4.79 Å². The summed E-state index contributed by atoms with van der Waals surface area (Å²) in [5.74, 6) is -0.135. The smallest absolute Gasteiger partial charge is 0.286 e. The lowest BCUT2D eigenvalue weighted by Crippen LogP contribution is -2.47. The van der Waals surface area contributed by atoms with Crippen molar-refractivity contribution in [2.75, 3.05) is 26.2 Å². The van der Waals surface area contributed by atoms with Crippen molar-refractivity contribution in [3.05, 3.63) is 75.1 Å². The summed E-state index contributed by atoms with van der Waals surface area (Å²) in [5.41, 5.74) is 2.35. The van der Waals surface area contributed by atoms with Crippen molar-refractivity contribution in [1.82, 2.24) is 9.80 Å². The van der Waals surface area contributed by atoms with Crippen molar-refractivity contribution in [3.8, 4) is 0 Å². The van der Waals surface area contributed by atoms with Gasteiger partial charge in [0, 0.05) is 37.2 Å². The van der Waals surface area contributed by atoms with Crippen molar-refractivity contribution in [2.24, 2.45) is 4.99 Å². The number of thioether (sulfide) groups is 1. The van der Waals surface area contributed by atoms with Crippen LogP contribution < -0.4 is 0 Å². The van der Waals surface area contributed by atoms with Gasteiger partial charge in [-0.1, -0.05) is 58.4 Å². The molecule has 1 saturated heterocycles. The molecule has 6 heteroatoms. The molecule has 138 valence electrons. The van der Waals surface area contributed by atoms with Crippen LogP contribution in [0.4, 0.5) is 0 Å². The highest BCUT2D eigenvalue weighted by atomic mass is 79.9. The molecule has 2 aromatic carbocycles. The number of nitrogens with zero attached hydrogens (tertiary/aromatic N) is 3. The van der Waals surface area contributed by atoms with Crippen molar-refractivity contribution >= 4 is 44.8 Å². The van der Waals surface area contributed by atoms with Gasteiger partial charge in [-0.2, -0.15) is 4.99 Å². The number of hydrogen-bond acceptors (Lipinski definition) is 4. The van der Waals surface area contributed by atoms with Crippen LogP contribution in [0.3, 0.4) is 0 Å². The number of halogens is 1. The second-order valence-corrected chi connectivity index (χ2v) is 8.54. The van der Waals surface area contributed by atoms with Gasteiger partial charge in [-0.15, -0.1) is 0 Å². The zero-order valence-electron chi connectivity index (χ0n) is 14.8. The molecule has 0 aromatic heterocycles. The van der Waals surface area contributed by atoms with E-state index in [1.54, 1.807) is 0 Å². The number of aliphatic imine (C=N–C) groups is 1. The minimum atomic E-state index is -0.135. The van der Waals surface area contributed by atoms with E-state index in [1.807, 2.05) is 36.4 Å². The van der Waals surface area contributed by atoms with Gasteiger partial charge in [0.25, 0.3) is 5.91 Å². The SMILES string of the molecule is O=C1N=C(N2CCN(Cc3ccccc3)CC2)SC1=Cc1ccc(Br)cc1. The molecule has 2 aromatic rings. The minimum absolute atomic E-state index is 0.135. The van der Waals surface area contributed by atoms with Crippen LogP contribution in [0.1, 0.15) is 11.1 Å². The Balaban J connectivity index is 1.34. The van der Waals surface area contributed by atoms with E-state index in [1.165, 1.54) is 17.3 Å². The third-order valence-electron chi connectivity index (χ3n) is 4.67. The molecule has 27 heavy (non-hydrogen) atoms. The zero-order chi connectivity index (χ0) is 18.6. The minimum Gasteiger partial charge on any atom is -0.348 e. The highest BCUT2D eigenvalue weighted by molar-refractivity contribution is 9.10. The molecule has 0 radical (unpaired) electrons. The molecule has 4 nitrogen and oxygen atoms in total. The molecule has 2 heterocycles. The van der Waals surface area contributed by atoms with E-state index in [4.69, 9.17) is 0 Å². The highest BCUT2D eigenvalue weighted by Crippen LogP contribution is 2.31. The second-order valence-electron chi connectivity index (χ2n) is 6.61. The molecule has 0 unspecified atom stereocenters. The maximum absolute atomic E-state index is 12.3. The van der Waals surface area contributed by atoms with Crippen LogP contribution in [0.15, 0.2) is 69.0 Å². The first-order valence-electron chi connectivity index (χ1n) is 8.97. The molecule has 2 aliphatic rings.